The van der Waals surface area contributed by atoms with Gasteiger partial charge in [0.15, 0.2) is 0 Å². The molecule has 0 aromatic rings. The van der Waals surface area contributed by atoms with Crippen LogP contribution in [0.4, 0.5) is 0 Å². The summed E-state index contributed by atoms with van der Waals surface area (Å²) < 4.78 is 0. The van der Waals surface area contributed by atoms with Gasteiger partial charge in [0.1, 0.15) is 6.10 Å². The zero-order chi connectivity index (χ0) is 15.7. The first-order valence-corrected chi connectivity index (χ1v) is 8.53. The molecule has 1 heterocycles. The van der Waals surface area contributed by atoms with Gasteiger partial charge >= 0.3 is 0 Å². The summed E-state index contributed by atoms with van der Waals surface area (Å²) in [5.41, 5.74) is 0. The van der Waals surface area contributed by atoms with E-state index >= 15 is 0 Å². The maximum absolute atomic E-state index is 9.97. The van der Waals surface area contributed by atoms with Gasteiger partial charge in [-0.2, -0.15) is 0 Å². The van der Waals surface area contributed by atoms with Gasteiger partial charge in [-0.15, -0.1) is 0 Å². The second kappa shape index (κ2) is 10.5. The summed E-state index contributed by atoms with van der Waals surface area (Å²) in [7, 11) is 0. The van der Waals surface area contributed by atoms with Crippen LogP contribution in [-0.2, 0) is 0 Å². The fraction of sp³-hybridized carbons (Fsp3) is 1.00. The average Bonchev–Trinajstić information content (AvgIpc) is 2.49. The molecule has 5 heteroatoms. The minimum absolute atomic E-state index is 0.237. The highest BCUT2D eigenvalue weighted by atomic mass is 16.4. The SMILES string of the molecule is CCCCCCCCCCC1N[C@H](CO)[C@@H](O)[C@H](O)[C@H]1O. The molecular formula is C16H33NO4. The van der Waals surface area contributed by atoms with Gasteiger partial charge in [0.05, 0.1) is 24.9 Å². The molecule has 21 heavy (non-hydrogen) atoms. The van der Waals surface area contributed by atoms with Crippen molar-refractivity contribution in [3.63, 3.8) is 0 Å². The number of hydrogen-bond donors (Lipinski definition) is 5. The maximum Gasteiger partial charge on any atom is 0.109 e. The average molecular weight is 303 g/mol. The van der Waals surface area contributed by atoms with Crippen LogP contribution in [0.25, 0.3) is 0 Å². The third-order valence-electron chi connectivity index (χ3n) is 4.52. The van der Waals surface area contributed by atoms with Gasteiger partial charge in [0.25, 0.3) is 0 Å². The Morgan fingerprint density at radius 2 is 1.24 bits per heavy atom. The molecule has 1 aliphatic heterocycles. The van der Waals surface area contributed by atoms with E-state index in [-0.39, 0.29) is 12.6 Å². The largest absolute Gasteiger partial charge is 0.395 e. The van der Waals surface area contributed by atoms with E-state index in [1.54, 1.807) is 0 Å². The van der Waals surface area contributed by atoms with E-state index in [1.807, 2.05) is 0 Å². The number of piperidine rings is 1. The van der Waals surface area contributed by atoms with Crippen LogP contribution in [0.2, 0.25) is 0 Å². The Labute approximate surface area is 128 Å². The molecular weight excluding hydrogens is 270 g/mol. The highest BCUT2D eigenvalue weighted by Crippen LogP contribution is 2.20. The van der Waals surface area contributed by atoms with Gasteiger partial charge in [0, 0.05) is 6.04 Å². The highest BCUT2D eigenvalue weighted by Gasteiger charge is 2.41. The zero-order valence-electron chi connectivity index (χ0n) is 13.2. The molecule has 5 N–H and O–H groups in total. The lowest BCUT2D eigenvalue weighted by Gasteiger charge is -2.41. The summed E-state index contributed by atoms with van der Waals surface area (Å²) in [6, 6.07) is -0.803. The Balaban J connectivity index is 2.16. The molecule has 0 radical (unpaired) electrons. The molecule has 1 unspecified atom stereocenters. The Bertz CT molecular complexity index is 263. The first kappa shape index (κ1) is 18.8. The van der Waals surface area contributed by atoms with Gasteiger partial charge in [-0.25, -0.2) is 0 Å². The summed E-state index contributed by atoms with van der Waals surface area (Å²) in [5.74, 6) is 0. The molecule has 0 spiro atoms. The van der Waals surface area contributed by atoms with Crippen molar-refractivity contribution in [1.82, 2.24) is 5.32 Å². The summed E-state index contributed by atoms with van der Waals surface area (Å²) in [6.45, 7) is 1.98. The number of rotatable bonds is 10. The van der Waals surface area contributed by atoms with Crippen LogP contribution >= 0.6 is 0 Å². The maximum atomic E-state index is 9.97. The van der Waals surface area contributed by atoms with Crippen LogP contribution < -0.4 is 5.32 Å². The number of unbranched alkanes of at least 4 members (excludes halogenated alkanes) is 7. The molecule has 0 bridgehead atoms. The molecule has 0 amide bonds. The fourth-order valence-corrected chi connectivity index (χ4v) is 3.06. The Morgan fingerprint density at radius 3 is 1.81 bits per heavy atom. The van der Waals surface area contributed by atoms with E-state index in [0.717, 1.165) is 19.3 Å². The number of aliphatic hydroxyl groups is 4. The molecule has 1 saturated heterocycles. The van der Waals surface area contributed by atoms with E-state index in [2.05, 4.69) is 12.2 Å². The number of hydrogen-bond acceptors (Lipinski definition) is 5. The molecule has 1 fully saturated rings. The zero-order valence-corrected chi connectivity index (χ0v) is 13.2. The van der Waals surface area contributed by atoms with Crippen molar-refractivity contribution in [2.24, 2.45) is 0 Å². The van der Waals surface area contributed by atoms with E-state index in [9.17, 15) is 20.4 Å². The molecule has 0 aromatic carbocycles. The smallest absolute Gasteiger partial charge is 0.109 e. The Morgan fingerprint density at radius 1 is 0.714 bits per heavy atom. The van der Waals surface area contributed by atoms with Crippen molar-refractivity contribution in [3.8, 4) is 0 Å². The van der Waals surface area contributed by atoms with Gasteiger partial charge in [0.2, 0.25) is 0 Å². The van der Waals surface area contributed by atoms with Gasteiger partial charge in [-0.05, 0) is 6.42 Å². The first-order valence-electron chi connectivity index (χ1n) is 8.53. The topological polar surface area (TPSA) is 93.0 Å². The van der Waals surface area contributed by atoms with E-state index in [1.165, 1.54) is 38.5 Å². The highest BCUT2D eigenvalue weighted by molar-refractivity contribution is 4.97. The lowest BCUT2D eigenvalue weighted by Crippen LogP contribution is -2.65. The Hall–Kier alpha value is -0.200. The summed E-state index contributed by atoms with van der Waals surface area (Å²) in [5, 5.41) is 41.7. The van der Waals surface area contributed by atoms with Crippen molar-refractivity contribution < 1.29 is 20.4 Å². The molecule has 0 aliphatic carbocycles. The quantitative estimate of drug-likeness (QED) is 0.387. The lowest BCUT2D eigenvalue weighted by atomic mass is 9.88. The van der Waals surface area contributed by atoms with E-state index in [4.69, 9.17) is 0 Å². The molecule has 1 aliphatic rings. The molecule has 1 rings (SSSR count). The van der Waals surface area contributed by atoms with Gasteiger partial charge in [-0.3, -0.25) is 0 Å². The minimum atomic E-state index is -1.18. The predicted molar refractivity (Wildman–Crippen MR) is 83.0 cm³/mol. The standard InChI is InChI=1S/C16H33NO4/c1-2-3-4-5-6-7-8-9-10-12-14(19)16(21)15(20)13(11-18)17-12/h12-21H,2-11H2,1H3/t12?,13-,14+,15-,16-/m1/s1. The van der Waals surface area contributed by atoms with Crippen molar-refractivity contribution >= 4 is 0 Å². The van der Waals surface area contributed by atoms with Gasteiger partial charge in [-0.1, -0.05) is 58.3 Å². The predicted octanol–water partition coefficient (Wildman–Crippen LogP) is 0.933. The second-order valence-electron chi connectivity index (χ2n) is 6.30. The molecule has 0 aromatic heterocycles. The van der Waals surface area contributed by atoms with Crippen LogP contribution in [0.15, 0.2) is 0 Å². The molecule has 0 saturated carbocycles. The van der Waals surface area contributed by atoms with Crippen LogP contribution in [0.3, 0.4) is 0 Å². The molecule has 126 valence electrons. The first-order chi connectivity index (χ1) is 10.1. The monoisotopic (exact) mass is 303 g/mol. The van der Waals surface area contributed by atoms with Crippen molar-refractivity contribution in [2.45, 2.75) is 95.1 Å². The Kier molecular flexibility index (Phi) is 9.44. The van der Waals surface area contributed by atoms with Crippen molar-refractivity contribution in [3.05, 3.63) is 0 Å². The van der Waals surface area contributed by atoms with Crippen LogP contribution in [0, 0.1) is 0 Å². The van der Waals surface area contributed by atoms with E-state index in [0.29, 0.717) is 0 Å². The normalized spacial score (nSPS) is 33.3. The second-order valence-corrected chi connectivity index (χ2v) is 6.30. The van der Waals surface area contributed by atoms with Gasteiger partial charge < -0.3 is 25.7 Å². The number of nitrogens with one attached hydrogen (secondary N) is 1. The summed E-state index contributed by atoms with van der Waals surface area (Å²) in [6.07, 6.45) is 7.31. The summed E-state index contributed by atoms with van der Waals surface area (Å²) in [4.78, 5) is 0. The van der Waals surface area contributed by atoms with Crippen LogP contribution in [-0.4, -0.2) is 57.4 Å². The van der Waals surface area contributed by atoms with E-state index < -0.39 is 24.4 Å². The number of aliphatic hydroxyl groups excluding tert-OH is 4. The third kappa shape index (κ3) is 6.20. The van der Waals surface area contributed by atoms with Crippen LogP contribution in [0.5, 0.6) is 0 Å². The molecule has 5 atom stereocenters. The third-order valence-corrected chi connectivity index (χ3v) is 4.52. The minimum Gasteiger partial charge on any atom is -0.395 e. The lowest BCUT2D eigenvalue weighted by molar-refractivity contribution is -0.120. The molecule has 5 nitrogen and oxygen atoms in total. The van der Waals surface area contributed by atoms with Crippen molar-refractivity contribution in [1.29, 1.82) is 0 Å². The fourth-order valence-electron chi connectivity index (χ4n) is 3.06. The van der Waals surface area contributed by atoms with Crippen molar-refractivity contribution in [2.75, 3.05) is 6.61 Å². The summed E-state index contributed by atoms with van der Waals surface area (Å²) >= 11 is 0. The van der Waals surface area contributed by atoms with Crippen LogP contribution in [0.1, 0.15) is 64.7 Å².